The number of pyridine rings is 1. The van der Waals surface area contributed by atoms with E-state index in [1.165, 1.54) is 5.56 Å². The molecular formula is C24H27N5O2. The number of hydrogen-bond donors (Lipinski definition) is 3. The highest BCUT2D eigenvalue weighted by Gasteiger charge is 2.30. The fourth-order valence-corrected chi connectivity index (χ4v) is 3.97. The fraction of sp³-hybridized carbons (Fsp3) is 0.333. The van der Waals surface area contributed by atoms with E-state index >= 15 is 0 Å². The van der Waals surface area contributed by atoms with Crippen molar-refractivity contribution in [3.05, 3.63) is 84.2 Å². The van der Waals surface area contributed by atoms with Gasteiger partial charge >= 0.3 is 0 Å². The van der Waals surface area contributed by atoms with Crippen LogP contribution in [0.1, 0.15) is 48.6 Å². The smallest absolute Gasteiger partial charge is 0.233 e. The third-order valence-corrected chi connectivity index (χ3v) is 5.81. The molecule has 3 aromatic rings. The van der Waals surface area contributed by atoms with Gasteiger partial charge in [0.05, 0.1) is 17.7 Å². The van der Waals surface area contributed by atoms with E-state index in [-0.39, 0.29) is 17.9 Å². The van der Waals surface area contributed by atoms with Crippen molar-refractivity contribution in [3.8, 4) is 0 Å². The van der Waals surface area contributed by atoms with Crippen LogP contribution in [0.3, 0.4) is 0 Å². The summed E-state index contributed by atoms with van der Waals surface area (Å²) in [5.41, 5.74) is 3.44. The summed E-state index contributed by atoms with van der Waals surface area (Å²) < 4.78 is 0. The van der Waals surface area contributed by atoms with E-state index in [1.807, 2.05) is 43.3 Å². The zero-order valence-electron chi connectivity index (χ0n) is 17.5. The van der Waals surface area contributed by atoms with Gasteiger partial charge in [0, 0.05) is 54.3 Å². The minimum atomic E-state index is -0.549. The Bertz CT molecular complexity index is 982. The average molecular weight is 418 g/mol. The molecule has 7 heteroatoms. The third kappa shape index (κ3) is 5.31. The second kappa shape index (κ2) is 9.76. The third-order valence-electron chi connectivity index (χ3n) is 5.81. The van der Waals surface area contributed by atoms with Gasteiger partial charge in [0.15, 0.2) is 0 Å². The van der Waals surface area contributed by atoms with Gasteiger partial charge in [0.1, 0.15) is 0 Å². The molecule has 0 unspecified atom stereocenters. The van der Waals surface area contributed by atoms with Crippen molar-refractivity contribution < 1.29 is 9.90 Å². The number of anilines is 1. The number of aromatic nitrogens is 3. The first kappa shape index (κ1) is 21.1. The summed E-state index contributed by atoms with van der Waals surface area (Å²) in [7, 11) is 0. The van der Waals surface area contributed by atoms with E-state index in [4.69, 9.17) is 0 Å². The molecule has 1 saturated heterocycles. The van der Waals surface area contributed by atoms with Crippen molar-refractivity contribution in [2.24, 2.45) is 0 Å². The number of rotatable bonds is 7. The first-order chi connectivity index (χ1) is 15.1. The Morgan fingerprint density at radius 2 is 1.94 bits per heavy atom. The Morgan fingerprint density at radius 3 is 2.65 bits per heavy atom. The number of benzene rings is 1. The second-order valence-corrected chi connectivity index (χ2v) is 8.02. The van der Waals surface area contributed by atoms with Gasteiger partial charge in [-0.2, -0.15) is 0 Å². The van der Waals surface area contributed by atoms with Crippen LogP contribution < -0.4 is 10.6 Å². The van der Waals surface area contributed by atoms with Crippen molar-refractivity contribution in [3.63, 3.8) is 0 Å². The molecule has 3 heterocycles. The van der Waals surface area contributed by atoms with Crippen LogP contribution in [-0.2, 0) is 11.2 Å². The monoisotopic (exact) mass is 417 g/mol. The second-order valence-electron chi connectivity index (χ2n) is 8.02. The molecule has 4 atom stereocenters. The van der Waals surface area contributed by atoms with Crippen molar-refractivity contribution in [2.45, 2.75) is 50.3 Å². The molecule has 0 radical (unpaired) electrons. The lowest BCUT2D eigenvalue weighted by Crippen LogP contribution is -2.35. The first-order valence-electron chi connectivity index (χ1n) is 10.6. The lowest BCUT2D eigenvalue weighted by atomic mass is 10.0. The Labute approximate surface area is 182 Å². The van der Waals surface area contributed by atoms with Crippen LogP contribution in [0, 0.1) is 0 Å². The molecule has 0 bridgehead atoms. The topological polar surface area (TPSA) is 100 Å². The number of carbonyl (C=O) groups excluding carboxylic acids is 1. The van der Waals surface area contributed by atoms with Crippen LogP contribution in [0.4, 0.5) is 5.69 Å². The first-order valence-corrected chi connectivity index (χ1v) is 10.6. The molecule has 1 aromatic carbocycles. The molecule has 1 aliphatic heterocycles. The molecule has 1 aliphatic rings. The van der Waals surface area contributed by atoms with Crippen LogP contribution in [0.2, 0.25) is 0 Å². The summed E-state index contributed by atoms with van der Waals surface area (Å²) >= 11 is 0. The molecule has 2 aromatic heterocycles. The van der Waals surface area contributed by atoms with Crippen LogP contribution >= 0.6 is 0 Å². The van der Waals surface area contributed by atoms with Crippen molar-refractivity contribution >= 4 is 11.6 Å². The Balaban J connectivity index is 1.29. The highest BCUT2D eigenvalue weighted by atomic mass is 16.3. The predicted octanol–water partition coefficient (Wildman–Crippen LogP) is 3.01. The summed E-state index contributed by atoms with van der Waals surface area (Å²) in [6, 6.07) is 12.0. The summed E-state index contributed by atoms with van der Waals surface area (Å²) in [5, 5.41) is 17.1. The lowest BCUT2D eigenvalue weighted by Gasteiger charge is -2.20. The number of nitrogens with one attached hydrogen (secondary N) is 2. The molecule has 7 nitrogen and oxygen atoms in total. The fourth-order valence-electron chi connectivity index (χ4n) is 3.97. The number of aliphatic hydroxyl groups is 1. The van der Waals surface area contributed by atoms with E-state index in [1.54, 1.807) is 31.0 Å². The lowest BCUT2D eigenvalue weighted by molar-refractivity contribution is -0.117. The molecule has 160 valence electrons. The van der Waals surface area contributed by atoms with Crippen LogP contribution in [0.25, 0.3) is 0 Å². The summed E-state index contributed by atoms with van der Waals surface area (Å²) in [6.45, 7) is 1.82. The number of carbonyl (C=O) groups is 1. The van der Waals surface area contributed by atoms with E-state index in [2.05, 4.69) is 25.6 Å². The minimum Gasteiger partial charge on any atom is -0.387 e. The zero-order valence-corrected chi connectivity index (χ0v) is 17.5. The standard InChI is InChI=1S/C24H27N5O2/c1-16(22-15-26-11-12-27-22)24(31)29-19-6-4-17(5-7-19)13-20-8-9-21(28-20)23(30)18-3-2-10-25-14-18/h2-7,10-12,14-16,20-21,23,28,30H,8-9,13H2,1H3,(H,29,31)/t16-,20+,21-,23-/m1/s1. The van der Waals surface area contributed by atoms with Crippen molar-refractivity contribution in [1.82, 2.24) is 20.3 Å². The van der Waals surface area contributed by atoms with Crippen LogP contribution in [0.5, 0.6) is 0 Å². The number of amides is 1. The van der Waals surface area contributed by atoms with E-state index in [0.717, 1.165) is 30.5 Å². The molecule has 1 amide bonds. The highest BCUT2D eigenvalue weighted by molar-refractivity contribution is 5.95. The van der Waals surface area contributed by atoms with Crippen molar-refractivity contribution in [1.29, 1.82) is 0 Å². The molecule has 0 aliphatic carbocycles. The Kier molecular flexibility index (Phi) is 6.64. The van der Waals surface area contributed by atoms with E-state index < -0.39 is 6.10 Å². The zero-order chi connectivity index (χ0) is 21.6. The molecule has 0 spiro atoms. The maximum absolute atomic E-state index is 12.5. The van der Waals surface area contributed by atoms with E-state index in [9.17, 15) is 9.90 Å². The highest BCUT2D eigenvalue weighted by Crippen LogP contribution is 2.26. The van der Waals surface area contributed by atoms with Crippen LogP contribution in [-0.4, -0.2) is 38.0 Å². The summed E-state index contributed by atoms with van der Waals surface area (Å²) in [6.07, 6.45) is 10.5. The number of hydrogen-bond acceptors (Lipinski definition) is 6. The van der Waals surface area contributed by atoms with Gasteiger partial charge < -0.3 is 15.7 Å². The van der Waals surface area contributed by atoms with E-state index in [0.29, 0.717) is 11.7 Å². The van der Waals surface area contributed by atoms with Gasteiger partial charge in [0.2, 0.25) is 5.91 Å². The summed E-state index contributed by atoms with van der Waals surface area (Å²) in [5.74, 6) is -0.489. The molecule has 4 rings (SSSR count). The molecule has 3 N–H and O–H groups in total. The van der Waals surface area contributed by atoms with Gasteiger partial charge in [-0.15, -0.1) is 0 Å². The van der Waals surface area contributed by atoms with Crippen LogP contribution in [0.15, 0.2) is 67.4 Å². The maximum atomic E-state index is 12.5. The van der Waals surface area contributed by atoms with Gasteiger partial charge in [0.25, 0.3) is 0 Å². The quantitative estimate of drug-likeness (QED) is 0.546. The molecular weight excluding hydrogens is 390 g/mol. The minimum absolute atomic E-state index is 0.0373. The SMILES string of the molecule is C[C@@H](C(=O)Nc1ccc(C[C@@H]2CC[C@H]([C@H](O)c3cccnc3)N2)cc1)c1cnccn1. The van der Waals surface area contributed by atoms with Crippen molar-refractivity contribution in [2.75, 3.05) is 5.32 Å². The molecule has 0 saturated carbocycles. The average Bonchev–Trinajstić information content (AvgIpc) is 3.29. The number of aliphatic hydroxyl groups excluding tert-OH is 1. The molecule has 31 heavy (non-hydrogen) atoms. The van der Waals surface area contributed by atoms with Gasteiger partial charge in [-0.3, -0.25) is 19.7 Å². The predicted molar refractivity (Wildman–Crippen MR) is 118 cm³/mol. The maximum Gasteiger partial charge on any atom is 0.233 e. The molecule has 1 fully saturated rings. The largest absolute Gasteiger partial charge is 0.387 e. The van der Waals surface area contributed by atoms with Gasteiger partial charge in [-0.1, -0.05) is 18.2 Å². The Hall–Kier alpha value is -3.16. The Morgan fingerprint density at radius 1 is 1.13 bits per heavy atom. The summed E-state index contributed by atoms with van der Waals surface area (Å²) in [4.78, 5) is 24.8. The number of nitrogens with zero attached hydrogens (tertiary/aromatic N) is 3. The van der Waals surface area contributed by atoms with Gasteiger partial charge in [-0.05, 0) is 49.9 Å². The van der Waals surface area contributed by atoms with Gasteiger partial charge in [-0.25, -0.2) is 0 Å². The normalized spacial score (nSPS) is 20.2.